The second kappa shape index (κ2) is 11.2. The highest BCUT2D eigenvalue weighted by Crippen LogP contribution is 2.42. The molecule has 0 radical (unpaired) electrons. The van der Waals surface area contributed by atoms with Crippen LogP contribution in [0.1, 0.15) is 25.7 Å². The number of hydrogen-bond acceptors (Lipinski definition) is 6. The van der Waals surface area contributed by atoms with Gasteiger partial charge in [0.2, 0.25) is 11.5 Å². The molecule has 0 unspecified atom stereocenters. The van der Waals surface area contributed by atoms with E-state index in [0.29, 0.717) is 36.9 Å². The summed E-state index contributed by atoms with van der Waals surface area (Å²) in [5.41, 5.74) is 6.94. The zero-order valence-electron chi connectivity index (χ0n) is 22.7. The molecular formula is C33H30N2O5S. The van der Waals surface area contributed by atoms with Gasteiger partial charge in [0.25, 0.3) is 5.52 Å². The zero-order valence-corrected chi connectivity index (χ0v) is 23.5. The van der Waals surface area contributed by atoms with Crippen molar-refractivity contribution in [2.24, 2.45) is 0 Å². The average Bonchev–Trinajstić information content (AvgIpc) is 3.51. The van der Waals surface area contributed by atoms with E-state index in [-0.39, 0.29) is 12.2 Å². The van der Waals surface area contributed by atoms with Crippen LogP contribution in [-0.2, 0) is 16.7 Å². The lowest BCUT2D eigenvalue weighted by Gasteiger charge is -2.15. The standard InChI is InChI=1S/C33H30N2O5S/c1-2-34-28-21-26(24-11-5-3-6-12-24)15-17-30(28)39-32(34)23-33-35(19-9-10-20-41(36,37)38)29-22-27(16-18-31(29)40-33)25-13-7-4-8-14-25/h3-8,11-18,21-23H,2,9-10,19-20H2,1H3. The molecule has 0 atom stereocenters. The Morgan fingerprint density at radius 2 is 1.49 bits per heavy atom. The topological polar surface area (TPSA) is 86.7 Å². The maximum Gasteiger partial charge on any atom is 0.379 e. The maximum absolute atomic E-state index is 11.2. The highest BCUT2D eigenvalue weighted by atomic mass is 32.2. The summed E-state index contributed by atoms with van der Waals surface area (Å²) < 4.78 is 48.2. The molecule has 208 valence electrons. The van der Waals surface area contributed by atoms with Crippen LogP contribution < -0.4 is 14.2 Å². The predicted octanol–water partition coefficient (Wildman–Crippen LogP) is 6.60. The van der Waals surface area contributed by atoms with Gasteiger partial charge in [0.15, 0.2) is 12.3 Å². The second-order valence-corrected chi connectivity index (χ2v) is 11.5. The highest BCUT2D eigenvalue weighted by Gasteiger charge is 2.29. The molecule has 7 nitrogen and oxygen atoms in total. The molecule has 0 saturated carbocycles. The predicted molar refractivity (Wildman–Crippen MR) is 159 cm³/mol. The largest absolute Gasteiger partial charge is 0.748 e. The molecule has 1 aliphatic heterocycles. The van der Waals surface area contributed by atoms with Crippen molar-refractivity contribution in [2.45, 2.75) is 26.3 Å². The normalized spacial score (nSPS) is 14.0. The molecule has 0 bridgehead atoms. The minimum absolute atomic E-state index is 0.269. The molecule has 6 rings (SSSR count). The Balaban J connectivity index is 1.38. The van der Waals surface area contributed by atoms with Gasteiger partial charge in [-0.2, -0.15) is 4.57 Å². The third-order valence-electron chi connectivity index (χ3n) is 7.26. The molecule has 0 saturated heterocycles. The second-order valence-electron chi connectivity index (χ2n) is 9.99. The van der Waals surface area contributed by atoms with Crippen LogP contribution in [0.4, 0.5) is 5.69 Å². The Kier molecular flexibility index (Phi) is 7.34. The van der Waals surface area contributed by atoms with Gasteiger partial charge in [-0.25, -0.2) is 8.42 Å². The smallest absolute Gasteiger partial charge is 0.379 e. The SMILES string of the molecule is CCN1C(=Cc2oc3ccc(-c4ccccc4)cc3[n+]2CCCCS(=O)(=O)[O-])Oc2ccc(-c3ccccc3)cc21. The van der Waals surface area contributed by atoms with E-state index in [1.807, 2.05) is 65.2 Å². The van der Waals surface area contributed by atoms with Crippen LogP contribution in [0.2, 0.25) is 0 Å². The molecule has 4 aromatic carbocycles. The minimum atomic E-state index is -4.27. The number of aromatic nitrogens is 1. The van der Waals surface area contributed by atoms with Gasteiger partial charge in [-0.05, 0) is 53.8 Å². The Labute approximate surface area is 239 Å². The van der Waals surface area contributed by atoms with Gasteiger partial charge in [-0.3, -0.25) is 0 Å². The molecular weight excluding hydrogens is 536 g/mol. The zero-order chi connectivity index (χ0) is 28.4. The third kappa shape index (κ3) is 5.75. The van der Waals surface area contributed by atoms with Crippen LogP contribution >= 0.6 is 0 Å². The first-order valence-corrected chi connectivity index (χ1v) is 15.3. The molecule has 1 aromatic heterocycles. The van der Waals surface area contributed by atoms with Crippen LogP contribution in [0.15, 0.2) is 107 Å². The van der Waals surface area contributed by atoms with E-state index in [4.69, 9.17) is 9.15 Å². The molecule has 0 aliphatic carbocycles. The van der Waals surface area contributed by atoms with Crippen LogP contribution in [0.25, 0.3) is 39.4 Å². The van der Waals surface area contributed by atoms with Gasteiger partial charge >= 0.3 is 5.89 Å². The summed E-state index contributed by atoms with van der Waals surface area (Å²) in [5.74, 6) is 1.61. The van der Waals surface area contributed by atoms with Gasteiger partial charge in [0.05, 0.1) is 15.8 Å². The fraction of sp³-hybridized carbons (Fsp3) is 0.182. The summed E-state index contributed by atoms with van der Waals surface area (Å²) in [6, 6.07) is 32.6. The van der Waals surface area contributed by atoms with Crippen LogP contribution in [-0.4, -0.2) is 25.3 Å². The molecule has 41 heavy (non-hydrogen) atoms. The van der Waals surface area contributed by atoms with Crippen molar-refractivity contribution in [3.8, 4) is 28.0 Å². The van der Waals surface area contributed by atoms with Crippen LogP contribution in [0.3, 0.4) is 0 Å². The van der Waals surface area contributed by atoms with E-state index >= 15 is 0 Å². The highest BCUT2D eigenvalue weighted by molar-refractivity contribution is 7.85. The number of anilines is 1. The van der Waals surface area contributed by atoms with Crippen molar-refractivity contribution in [2.75, 3.05) is 17.2 Å². The summed E-state index contributed by atoms with van der Waals surface area (Å²) in [5, 5.41) is 0. The van der Waals surface area contributed by atoms with Crippen LogP contribution in [0, 0.1) is 0 Å². The van der Waals surface area contributed by atoms with Gasteiger partial charge < -0.3 is 18.6 Å². The quantitative estimate of drug-likeness (QED) is 0.114. The minimum Gasteiger partial charge on any atom is -0.748 e. The van der Waals surface area contributed by atoms with Crippen molar-refractivity contribution in [3.05, 3.63) is 109 Å². The summed E-state index contributed by atoms with van der Waals surface area (Å²) in [6.45, 7) is 3.25. The lowest BCUT2D eigenvalue weighted by atomic mass is 10.0. The Morgan fingerprint density at radius 3 is 2.15 bits per heavy atom. The molecule has 5 aromatic rings. The molecule has 0 fully saturated rings. The van der Waals surface area contributed by atoms with Gasteiger partial charge in [0.1, 0.15) is 6.08 Å². The van der Waals surface area contributed by atoms with E-state index in [9.17, 15) is 13.0 Å². The van der Waals surface area contributed by atoms with Gasteiger partial charge in [-0.1, -0.05) is 72.8 Å². The Hall–Kier alpha value is -4.40. The van der Waals surface area contributed by atoms with E-state index < -0.39 is 10.1 Å². The molecule has 0 amide bonds. The lowest BCUT2D eigenvalue weighted by molar-refractivity contribution is -0.678. The fourth-order valence-electron chi connectivity index (χ4n) is 5.25. The first-order chi connectivity index (χ1) is 19.9. The molecule has 0 spiro atoms. The van der Waals surface area contributed by atoms with E-state index in [2.05, 4.69) is 54.3 Å². The van der Waals surface area contributed by atoms with Crippen molar-refractivity contribution < 1.29 is 26.7 Å². The monoisotopic (exact) mass is 566 g/mol. The summed E-state index contributed by atoms with van der Waals surface area (Å²) in [7, 11) is -4.27. The van der Waals surface area contributed by atoms with E-state index in [1.165, 1.54) is 0 Å². The van der Waals surface area contributed by atoms with E-state index in [1.54, 1.807) is 0 Å². The van der Waals surface area contributed by atoms with Crippen molar-refractivity contribution in [1.82, 2.24) is 0 Å². The van der Waals surface area contributed by atoms with Crippen molar-refractivity contribution in [1.29, 1.82) is 0 Å². The average molecular weight is 567 g/mol. The summed E-state index contributed by atoms with van der Waals surface area (Å²) in [6.07, 6.45) is 2.66. The summed E-state index contributed by atoms with van der Waals surface area (Å²) in [4.78, 5) is 2.11. The molecule has 8 heteroatoms. The fourth-order valence-corrected chi connectivity index (χ4v) is 5.81. The number of aryl methyl sites for hydroxylation is 1. The number of oxazole rings is 1. The van der Waals surface area contributed by atoms with E-state index in [0.717, 1.165) is 39.2 Å². The maximum atomic E-state index is 11.2. The molecule has 1 aliphatic rings. The number of rotatable bonds is 9. The number of ether oxygens (including phenoxy) is 1. The van der Waals surface area contributed by atoms with Gasteiger partial charge in [0, 0.05) is 24.8 Å². The van der Waals surface area contributed by atoms with Gasteiger partial charge in [-0.15, -0.1) is 0 Å². The van der Waals surface area contributed by atoms with Crippen LogP contribution in [0.5, 0.6) is 5.75 Å². The lowest BCUT2D eigenvalue weighted by Crippen LogP contribution is -2.36. The first kappa shape index (κ1) is 26.8. The molecule has 0 N–H and O–H groups in total. The number of hydrogen-bond donors (Lipinski definition) is 0. The number of benzene rings is 4. The first-order valence-electron chi connectivity index (χ1n) is 13.7. The Bertz CT molecular complexity index is 1830. The number of unbranched alkanes of at least 4 members (excludes halogenated alkanes) is 1. The molecule has 2 heterocycles. The number of fused-ring (bicyclic) bond motifs is 2. The number of nitrogens with zero attached hydrogens (tertiary/aromatic N) is 2. The van der Waals surface area contributed by atoms with Crippen molar-refractivity contribution in [3.63, 3.8) is 0 Å². The van der Waals surface area contributed by atoms with Crippen molar-refractivity contribution >= 4 is 33.0 Å². The third-order valence-corrected chi connectivity index (χ3v) is 8.05. The summed E-state index contributed by atoms with van der Waals surface area (Å²) >= 11 is 0. The Morgan fingerprint density at radius 1 is 0.829 bits per heavy atom.